The molecule has 0 aliphatic carbocycles. The Morgan fingerprint density at radius 3 is 2.44 bits per heavy atom. The first-order valence-corrected chi connectivity index (χ1v) is 6.72. The largest absolute Gasteiger partial charge is 0.380 e. The number of likely N-dealkylation sites (tertiary alicyclic amines) is 1. The van der Waals surface area contributed by atoms with Crippen LogP contribution in [0.4, 0.5) is 0 Å². The fraction of sp³-hybridized carbons (Fsp3) is 0.786. The minimum absolute atomic E-state index is 0.0120. The number of hydrogen-bond donors (Lipinski definition) is 1. The van der Waals surface area contributed by atoms with Gasteiger partial charge in [-0.15, -0.1) is 0 Å². The summed E-state index contributed by atoms with van der Waals surface area (Å²) in [4.78, 5) is 14.2. The summed E-state index contributed by atoms with van der Waals surface area (Å²) in [6.07, 6.45) is 0. The van der Waals surface area contributed by atoms with Gasteiger partial charge in [-0.2, -0.15) is 0 Å². The molecule has 1 N–H and O–H groups in total. The molecule has 0 saturated carbocycles. The summed E-state index contributed by atoms with van der Waals surface area (Å²) in [6.45, 7) is 14.7. The number of amides is 1. The van der Waals surface area contributed by atoms with Crippen LogP contribution in [0.15, 0.2) is 12.2 Å². The topological polar surface area (TPSA) is 41.6 Å². The van der Waals surface area contributed by atoms with Crippen LogP contribution in [0.2, 0.25) is 0 Å². The summed E-state index contributed by atoms with van der Waals surface area (Å²) in [5, 5.41) is 2.92. The zero-order valence-corrected chi connectivity index (χ0v) is 11.7. The van der Waals surface area contributed by atoms with Crippen molar-refractivity contribution in [3.63, 3.8) is 0 Å². The maximum absolute atomic E-state index is 11.9. The molecule has 4 nitrogen and oxygen atoms in total. The molecule has 102 valence electrons. The number of hydrogen-bond acceptors (Lipinski definition) is 3. The van der Waals surface area contributed by atoms with Crippen molar-refractivity contribution in [2.24, 2.45) is 11.3 Å². The van der Waals surface area contributed by atoms with Gasteiger partial charge in [0, 0.05) is 36.7 Å². The standard InChI is InChI=1S/C14H24N2O2/c1-10(2)5-15-13(17)11(3)12(4)16-6-14(7-16)8-18-9-14/h10,12H,3,5-9H2,1-2,4H3,(H,15,17). The summed E-state index contributed by atoms with van der Waals surface area (Å²) < 4.78 is 5.25. The molecule has 0 aromatic heterocycles. The van der Waals surface area contributed by atoms with Crippen molar-refractivity contribution < 1.29 is 9.53 Å². The first kappa shape index (κ1) is 13.6. The van der Waals surface area contributed by atoms with Crippen molar-refractivity contribution in [2.45, 2.75) is 26.8 Å². The van der Waals surface area contributed by atoms with Crippen LogP contribution in [-0.2, 0) is 9.53 Å². The van der Waals surface area contributed by atoms with Crippen molar-refractivity contribution in [2.75, 3.05) is 32.8 Å². The highest BCUT2D eigenvalue weighted by atomic mass is 16.5. The van der Waals surface area contributed by atoms with Gasteiger partial charge in [-0.3, -0.25) is 9.69 Å². The summed E-state index contributed by atoms with van der Waals surface area (Å²) in [5.41, 5.74) is 1.06. The van der Waals surface area contributed by atoms with Crippen LogP contribution >= 0.6 is 0 Å². The predicted octanol–water partition coefficient (Wildman–Crippen LogP) is 1.04. The van der Waals surface area contributed by atoms with Gasteiger partial charge < -0.3 is 10.1 Å². The molecule has 2 aliphatic heterocycles. The van der Waals surface area contributed by atoms with Crippen LogP contribution in [0, 0.1) is 11.3 Å². The molecule has 2 fully saturated rings. The third-order valence-electron chi connectivity index (χ3n) is 3.91. The SMILES string of the molecule is C=C(C(=O)NCC(C)C)C(C)N1CC2(COC2)C1. The zero-order valence-electron chi connectivity index (χ0n) is 11.7. The van der Waals surface area contributed by atoms with Gasteiger partial charge in [0.15, 0.2) is 0 Å². The Hall–Kier alpha value is -0.870. The van der Waals surface area contributed by atoms with E-state index < -0.39 is 0 Å². The molecule has 0 aromatic carbocycles. The maximum atomic E-state index is 11.9. The first-order chi connectivity index (χ1) is 8.43. The molecule has 1 unspecified atom stereocenters. The molecule has 1 amide bonds. The molecule has 4 heteroatoms. The summed E-state index contributed by atoms with van der Waals surface area (Å²) in [5.74, 6) is 0.457. The van der Waals surface area contributed by atoms with Gasteiger partial charge in [0.25, 0.3) is 0 Å². The minimum Gasteiger partial charge on any atom is -0.380 e. The average Bonchev–Trinajstić information content (AvgIpc) is 2.20. The second-order valence-corrected chi connectivity index (χ2v) is 6.20. The maximum Gasteiger partial charge on any atom is 0.248 e. The van der Waals surface area contributed by atoms with E-state index in [1.54, 1.807) is 0 Å². The molecule has 0 radical (unpaired) electrons. The fourth-order valence-corrected chi connectivity index (χ4v) is 2.48. The molecule has 1 spiro atoms. The molecule has 2 heterocycles. The van der Waals surface area contributed by atoms with E-state index in [1.807, 2.05) is 0 Å². The lowest BCUT2D eigenvalue weighted by Crippen LogP contribution is -2.68. The Balaban J connectivity index is 1.76. The number of nitrogens with one attached hydrogen (secondary N) is 1. The Kier molecular flexibility index (Phi) is 3.78. The lowest BCUT2D eigenvalue weighted by molar-refractivity contribution is -0.194. The van der Waals surface area contributed by atoms with Crippen LogP contribution in [0.5, 0.6) is 0 Å². The molecule has 2 saturated heterocycles. The summed E-state index contributed by atoms with van der Waals surface area (Å²) >= 11 is 0. The van der Waals surface area contributed by atoms with E-state index in [-0.39, 0.29) is 11.9 Å². The molecule has 2 aliphatic rings. The van der Waals surface area contributed by atoms with Gasteiger partial charge in [0.1, 0.15) is 0 Å². The van der Waals surface area contributed by atoms with Crippen LogP contribution in [-0.4, -0.2) is 49.7 Å². The fourth-order valence-electron chi connectivity index (χ4n) is 2.48. The minimum atomic E-state index is -0.0120. The van der Waals surface area contributed by atoms with Crippen LogP contribution in [0.1, 0.15) is 20.8 Å². The molecule has 2 rings (SSSR count). The van der Waals surface area contributed by atoms with Crippen LogP contribution in [0.3, 0.4) is 0 Å². The molecule has 1 atom stereocenters. The Bertz CT molecular complexity index is 340. The molecular weight excluding hydrogens is 228 g/mol. The first-order valence-electron chi connectivity index (χ1n) is 6.72. The third-order valence-corrected chi connectivity index (χ3v) is 3.91. The second-order valence-electron chi connectivity index (χ2n) is 6.20. The molecule has 18 heavy (non-hydrogen) atoms. The zero-order chi connectivity index (χ0) is 13.3. The van der Waals surface area contributed by atoms with E-state index in [9.17, 15) is 4.79 Å². The van der Waals surface area contributed by atoms with E-state index in [4.69, 9.17) is 4.74 Å². The lowest BCUT2D eigenvalue weighted by Gasteiger charge is -2.57. The Morgan fingerprint density at radius 1 is 1.39 bits per heavy atom. The highest BCUT2D eigenvalue weighted by Gasteiger charge is 2.50. The van der Waals surface area contributed by atoms with Gasteiger partial charge in [-0.25, -0.2) is 0 Å². The molecular formula is C14H24N2O2. The average molecular weight is 252 g/mol. The van der Waals surface area contributed by atoms with Crippen molar-refractivity contribution >= 4 is 5.91 Å². The highest BCUT2D eigenvalue weighted by molar-refractivity contribution is 5.93. The van der Waals surface area contributed by atoms with Gasteiger partial charge in [-0.05, 0) is 12.8 Å². The van der Waals surface area contributed by atoms with Gasteiger partial charge in [0.05, 0.1) is 13.2 Å². The van der Waals surface area contributed by atoms with E-state index in [0.29, 0.717) is 23.5 Å². The van der Waals surface area contributed by atoms with Gasteiger partial charge in [0.2, 0.25) is 5.91 Å². The Morgan fingerprint density at radius 2 is 2.00 bits per heavy atom. The summed E-state index contributed by atoms with van der Waals surface area (Å²) in [7, 11) is 0. The third kappa shape index (κ3) is 2.59. The van der Waals surface area contributed by atoms with Crippen molar-refractivity contribution in [1.82, 2.24) is 10.2 Å². The van der Waals surface area contributed by atoms with Crippen molar-refractivity contribution in [3.8, 4) is 0 Å². The summed E-state index contributed by atoms with van der Waals surface area (Å²) in [6, 6.07) is 0.128. The van der Waals surface area contributed by atoms with Crippen molar-refractivity contribution in [1.29, 1.82) is 0 Å². The molecule has 0 bridgehead atoms. The number of nitrogens with zero attached hydrogens (tertiary/aromatic N) is 1. The van der Waals surface area contributed by atoms with Crippen molar-refractivity contribution in [3.05, 3.63) is 12.2 Å². The van der Waals surface area contributed by atoms with E-state index >= 15 is 0 Å². The number of rotatable bonds is 5. The van der Waals surface area contributed by atoms with Crippen LogP contribution < -0.4 is 5.32 Å². The quantitative estimate of drug-likeness (QED) is 0.743. The smallest absolute Gasteiger partial charge is 0.248 e. The van der Waals surface area contributed by atoms with Crippen LogP contribution in [0.25, 0.3) is 0 Å². The Labute approximate surface area is 109 Å². The monoisotopic (exact) mass is 252 g/mol. The van der Waals surface area contributed by atoms with Gasteiger partial charge >= 0.3 is 0 Å². The number of ether oxygens (including phenoxy) is 1. The normalized spacial score (nSPS) is 23.3. The number of carbonyl (C=O) groups excluding carboxylic acids is 1. The second kappa shape index (κ2) is 5.02. The predicted molar refractivity (Wildman–Crippen MR) is 71.3 cm³/mol. The lowest BCUT2D eigenvalue weighted by atomic mass is 9.76. The number of carbonyl (C=O) groups is 1. The molecule has 0 aromatic rings. The van der Waals surface area contributed by atoms with E-state index in [1.165, 1.54) is 0 Å². The van der Waals surface area contributed by atoms with E-state index in [0.717, 1.165) is 26.3 Å². The van der Waals surface area contributed by atoms with E-state index in [2.05, 4.69) is 37.6 Å². The van der Waals surface area contributed by atoms with Gasteiger partial charge in [-0.1, -0.05) is 20.4 Å². The highest BCUT2D eigenvalue weighted by Crippen LogP contribution is 2.39.